The summed E-state index contributed by atoms with van der Waals surface area (Å²) in [6.45, 7) is 9.28. The monoisotopic (exact) mass is 371 g/mol. The van der Waals surface area contributed by atoms with Crippen LogP contribution in [-0.2, 0) is 6.54 Å². The fraction of sp³-hybridized carbons (Fsp3) is 0.286. The average molecular weight is 371 g/mol. The minimum atomic E-state index is 0.0592. The van der Waals surface area contributed by atoms with Gasteiger partial charge in [0, 0.05) is 12.2 Å². The van der Waals surface area contributed by atoms with E-state index in [1.54, 1.807) is 4.52 Å². The summed E-state index contributed by atoms with van der Waals surface area (Å²) in [6, 6.07) is 11.8. The lowest BCUT2D eigenvalue weighted by Gasteiger charge is -2.20. The Hall–Kier alpha value is -3.53. The molecule has 0 radical (unpaired) electrons. The summed E-state index contributed by atoms with van der Waals surface area (Å²) in [6.07, 6.45) is 3.37. The van der Waals surface area contributed by atoms with Gasteiger partial charge in [0.1, 0.15) is 17.5 Å². The highest BCUT2D eigenvalue weighted by Crippen LogP contribution is 2.31. The van der Waals surface area contributed by atoms with Crippen molar-refractivity contribution >= 4 is 5.65 Å². The molecule has 0 aliphatic rings. The third-order valence-corrected chi connectivity index (χ3v) is 4.33. The average Bonchev–Trinajstić information content (AvgIpc) is 3.23. The van der Waals surface area contributed by atoms with Crippen molar-refractivity contribution < 1.29 is 0 Å². The van der Waals surface area contributed by atoms with Crippen LogP contribution in [0.5, 0.6) is 0 Å². The molecule has 0 bridgehead atoms. The molecule has 0 aromatic carbocycles. The second kappa shape index (κ2) is 6.57. The van der Waals surface area contributed by atoms with Crippen molar-refractivity contribution in [3.63, 3.8) is 0 Å². The third kappa shape index (κ3) is 3.25. The van der Waals surface area contributed by atoms with E-state index in [2.05, 4.69) is 46.4 Å². The first-order chi connectivity index (χ1) is 13.4. The quantitative estimate of drug-likeness (QED) is 0.545. The minimum Gasteiger partial charge on any atom is -0.328 e. The van der Waals surface area contributed by atoms with Crippen LogP contribution in [0.25, 0.3) is 28.4 Å². The topological polar surface area (TPSA) is 84.7 Å². The fourth-order valence-corrected chi connectivity index (χ4v) is 3.22. The van der Waals surface area contributed by atoms with Gasteiger partial charge in [-0.05, 0) is 36.6 Å². The second-order valence-corrected chi connectivity index (χ2v) is 8.04. The molecule has 0 N–H and O–H groups in total. The number of nitrogens with zero attached hydrogens (tertiary/aromatic N) is 7. The smallest absolute Gasteiger partial charge is 0.162 e. The molecule has 4 aromatic rings. The van der Waals surface area contributed by atoms with Crippen LogP contribution >= 0.6 is 0 Å². The summed E-state index contributed by atoms with van der Waals surface area (Å²) in [7, 11) is 0. The van der Waals surface area contributed by atoms with Crippen molar-refractivity contribution in [2.75, 3.05) is 0 Å². The van der Waals surface area contributed by atoms with E-state index in [0.717, 1.165) is 35.0 Å². The molecule has 0 aliphatic carbocycles. The number of nitriles is 1. The molecule has 140 valence electrons. The van der Waals surface area contributed by atoms with E-state index in [1.807, 2.05) is 43.6 Å². The van der Waals surface area contributed by atoms with Crippen LogP contribution in [-0.4, -0.2) is 29.1 Å². The Morgan fingerprint density at radius 2 is 1.89 bits per heavy atom. The molecular formula is C21H21N7. The molecular weight excluding hydrogens is 350 g/mol. The Labute approximate surface area is 163 Å². The number of rotatable bonds is 3. The number of hydrogen-bond donors (Lipinski definition) is 0. The molecule has 0 amide bonds. The summed E-state index contributed by atoms with van der Waals surface area (Å²) in [5.74, 6) is 0. The molecule has 0 fully saturated rings. The number of imidazole rings is 2. The number of aryl methyl sites for hydroxylation is 1. The maximum atomic E-state index is 9.34. The Morgan fingerprint density at radius 3 is 2.61 bits per heavy atom. The first-order valence-electron chi connectivity index (χ1n) is 9.10. The molecule has 7 nitrogen and oxygen atoms in total. The largest absolute Gasteiger partial charge is 0.328 e. The van der Waals surface area contributed by atoms with Crippen LogP contribution in [0.2, 0.25) is 0 Å². The standard InChI is InChI=1S/C21H21N7/c1-14-6-5-7-16(25-14)19-20(27(13-24-19)12-21(2,3)4)17-8-9-18-23-11-15(10-22)28(18)26-17/h5-9,11,13H,12H2,1-4H3. The Bertz CT molecular complexity index is 1200. The number of hydrogen-bond acceptors (Lipinski definition) is 5. The molecule has 7 heteroatoms. The Balaban J connectivity index is 1.95. The highest BCUT2D eigenvalue weighted by Gasteiger charge is 2.21. The van der Waals surface area contributed by atoms with Gasteiger partial charge in [0.05, 0.1) is 23.9 Å². The zero-order chi connectivity index (χ0) is 19.9. The van der Waals surface area contributed by atoms with Gasteiger partial charge in [0.15, 0.2) is 11.3 Å². The highest BCUT2D eigenvalue weighted by molar-refractivity contribution is 5.75. The lowest BCUT2D eigenvalue weighted by Crippen LogP contribution is -2.16. The van der Waals surface area contributed by atoms with Gasteiger partial charge in [-0.1, -0.05) is 26.8 Å². The Morgan fingerprint density at radius 1 is 1.07 bits per heavy atom. The highest BCUT2D eigenvalue weighted by atomic mass is 15.3. The summed E-state index contributed by atoms with van der Waals surface area (Å²) in [5, 5.41) is 14.0. The van der Waals surface area contributed by atoms with Gasteiger partial charge >= 0.3 is 0 Å². The van der Waals surface area contributed by atoms with Crippen LogP contribution < -0.4 is 0 Å². The van der Waals surface area contributed by atoms with Crippen LogP contribution in [0.1, 0.15) is 32.2 Å². The molecule has 0 atom stereocenters. The van der Waals surface area contributed by atoms with Gasteiger partial charge in [-0.15, -0.1) is 0 Å². The third-order valence-electron chi connectivity index (χ3n) is 4.33. The van der Waals surface area contributed by atoms with Gasteiger partial charge in [-0.3, -0.25) is 4.98 Å². The van der Waals surface area contributed by atoms with E-state index in [9.17, 15) is 5.26 Å². The predicted molar refractivity (Wildman–Crippen MR) is 106 cm³/mol. The normalized spacial score (nSPS) is 11.7. The zero-order valence-corrected chi connectivity index (χ0v) is 16.4. The van der Waals surface area contributed by atoms with Gasteiger partial charge in [0.25, 0.3) is 0 Å². The number of fused-ring (bicyclic) bond motifs is 1. The molecule has 0 spiro atoms. The maximum Gasteiger partial charge on any atom is 0.162 e. The van der Waals surface area contributed by atoms with E-state index >= 15 is 0 Å². The van der Waals surface area contributed by atoms with Gasteiger partial charge < -0.3 is 4.57 Å². The molecule has 0 saturated heterocycles. The SMILES string of the molecule is Cc1cccc(-c2ncn(CC(C)(C)C)c2-c2ccc3ncc(C#N)n3n2)n1. The van der Waals surface area contributed by atoms with Crippen LogP contribution in [0.15, 0.2) is 42.9 Å². The van der Waals surface area contributed by atoms with Crippen LogP contribution in [0.4, 0.5) is 0 Å². The molecule has 0 unspecified atom stereocenters. The fourth-order valence-electron chi connectivity index (χ4n) is 3.22. The molecule has 4 aromatic heterocycles. The zero-order valence-electron chi connectivity index (χ0n) is 16.4. The number of pyridine rings is 1. The van der Waals surface area contributed by atoms with Crippen molar-refractivity contribution in [3.8, 4) is 28.8 Å². The van der Waals surface area contributed by atoms with E-state index in [4.69, 9.17) is 5.10 Å². The molecule has 28 heavy (non-hydrogen) atoms. The van der Waals surface area contributed by atoms with Gasteiger partial charge in [0.2, 0.25) is 0 Å². The summed E-state index contributed by atoms with van der Waals surface area (Å²) in [4.78, 5) is 13.5. The first-order valence-corrected chi connectivity index (χ1v) is 9.10. The Kier molecular flexibility index (Phi) is 4.19. The van der Waals surface area contributed by atoms with E-state index < -0.39 is 0 Å². The summed E-state index contributed by atoms with van der Waals surface area (Å²) in [5.41, 5.74) is 5.21. The minimum absolute atomic E-state index is 0.0592. The summed E-state index contributed by atoms with van der Waals surface area (Å²) >= 11 is 0. The van der Waals surface area contributed by atoms with Crippen molar-refractivity contribution in [3.05, 3.63) is 54.2 Å². The first kappa shape index (κ1) is 17.9. The van der Waals surface area contributed by atoms with E-state index in [0.29, 0.717) is 11.3 Å². The van der Waals surface area contributed by atoms with Crippen molar-refractivity contribution in [1.29, 1.82) is 5.26 Å². The van der Waals surface area contributed by atoms with E-state index in [-0.39, 0.29) is 5.41 Å². The van der Waals surface area contributed by atoms with Gasteiger partial charge in [-0.2, -0.15) is 10.4 Å². The summed E-state index contributed by atoms with van der Waals surface area (Å²) < 4.78 is 3.67. The van der Waals surface area contributed by atoms with Crippen molar-refractivity contribution in [2.45, 2.75) is 34.2 Å². The molecule has 4 rings (SSSR count). The predicted octanol–water partition coefficient (Wildman–Crippen LogP) is 3.88. The lowest BCUT2D eigenvalue weighted by molar-refractivity contribution is 0.345. The number of aromatic nitrogens is 6. The molecule has 4 heterocycles. The molecule has 0 aliphatic heterocycles. The van der Waals surface area contributed by atoms with Crippen LogP contribution in [0, 0.1) is 23.7 Å². The maximum absolute atomic E-state index is 9.34. The molecule has 0 saturated carbocycles. The van der Waals surface area contributed by atoms with Crippen molar-refractivity contribution in [2.24, 2.45) is 5.41 Å². The second-order valence-electron chi connectivity index (χ2n) is 8.04. The lowest BCUT2D eigenvalue weighted by atomic mass is 9.96. The van der Waals surface area contributed by atoms with Crippen LogP contribution in [0.3, 0.4) is 0 Å². The van der Waals surface area contributed by atoms with Gasteiger partial charge in [-0.25, -0.2) is 14.5 Å². The van der Waals surface area contributed by atoms with E-state index in [1.165, 1.54) is 6.20 Å². The van der Waals surface area contributed by atoms with Crippen molar-refractivity contribution in [1.82, 2.24) is 29.1 Å².